The first-order chi connectivity index (χ1) is 4.87. The normalized spacial score (nSPS) is 38.5. The van der Waals surface area contributed by atoms with Gasteiger partial charge in [0.2, 0.25) is 0 Å². The van der Waals surface area contributed by atoms with Gasteiger partial charge in [-0.15, -0.1) is 0 Å². The van der Waals surface area contributed by atoms with Crippen molar-refractivity contribution in [3.8, 4) is 0 Å². The van der Waals surface area contributed by atoms with Crippen LogP contribution in [0.4, 0.5) is 0 Å². The second kappa shape index (κ2) is 2.50. The summed E-state index contributed by atoms with van der Waals surface area (Å²) in [6.07, 6.45) is 4.26. The van der Waals surface area contributed by atoms with Crippen LogP contribution in [-0.4, -0.2) is 0 Å². The maximum atomic E-state index is 2.43. The molecule has 0 aromatic carbocycles. The maximum Gasteiger partial charge on any atom is -0.0323 e. The zero-order valence-electron chi connectivity index (χ0n) is 8.70. The van der Waals surface area contributed by atoms with E-state index in [1.165, 1.54) is 19.3 Å². The van der Waals surface area contributed by atoms with Crippen LogP contribution in [0.2, 0.25) is 0 Å². The molecule has 0 heterocycles. The highest BCUT2D eigenvalue weighted by atomic mass is 14.5. The molecule has 0 heteroatoms. The molecule has 0 bridgehead atoms. The van der Waals surface area contributed by atoms with Gasteiger partial charge in [-0.25, -0.2) is 0 Å². The fraction of sp³-hybridized carbons (Fsp3) is 1.00. The number of hydrogen-bond acceptors (Lipinski definition) is 0. The Bertz CT molecular complexity index is 133. The van der Waals surface area contributed by atoms with Crippen LogP contribution in [0.5, 0.6) is 0 Å². The van der Waals surface area contributed by atoms with Gasteiger partial charge in [0.25, 0.3) is 0 Å². The molecule has 0 unspecified atom stereocenters. The zero-order valence-corrected chi connectivity index (χ0v) is 8.70. The summed E-state index contributed by atoms with van der Waals surface area (Å²) in [5.41, 5.74) is 1.24. The molecular weight excluding hydrogens is 132 g/mol. The summed E-state index contributed by atoms with van der Waals surface area (Å²) in [5, 5.41) is 0. The minimum atomic E-state index is 0.550. The summed E-state index contributed by atoms with van der Waals surface area (Å²) in [5.74, 6) is 0.979. The lowest BCUT2D eigenvalue weighted by Gasteiger charge is -2.51. The van der Waals surface area contributed by atoms with Crippen LogP contribution in [-0.2, 0) is 0 Å². The number of rotatable bonds is 1. The van der Waals surface area contributed by atoms with E-state index in [4.69, 9.17) is 0 Å². The van der Waals surface area contributed by atoms with Crippen molar-refractivity contribution in [3.05, 3.63) is 0 Å². The molecule has 0 aromatic heterocycles. The van der Waals surface area contributed by atoms with E-state index in [2.05, 4.69) is 34.6 Å². The molecule has 0 saturated heterocycles. The average molecular weight is 154 g/mol. The van der Waals surface area contributed by atoms with Crippen molar-refractivity contribution in [1.82, 2.24) is 0 Å². The molecule has 11 heavy (non-hydrogen) atoms. The van der Waals surface area contributed by atoms with Crippen LogP contribution >= 0.6 is 0 Å². The van der Waals surface area contributed by atoms with E-state index in [9.17, 15) is 0 Å². The van der Waals surface area contributed by atoms with Gasteiger partial charge in [0, 0.05) is 0 Å². The predicted octanol–water partition coefficient (Wildman–Crippen LogP) is 3.86. The van der Waals surface area contributed by atoms with Crippen molar-refractivity contribution >= 4 is 0 Å². The van der Waals surface area contributed by atoms with Crippen molar-refractivity contribution in [2.45, 2.75) is 53.9 Å². The molecule has 0 nitrogen and oxygen atoms in total. The second-order valence-electron chi connectivity index (χ2n) is 5.64. The van der Waals surface area contributed by atoms with Crippen molar-refractivity contribution in [2.75, 3.05) is 0 Å². The predicted molar refractivity (Wildman–Crippen MR) is 50.6 cm³/mol. The van der Waals surface area contributed by atoms with Crippen LogP contribution in [0.15, 0.2) is 0 Å². The Hall–Kier alpha value is 0. The van der Waals surface area contributed by atoms with E-state index in [0.717, 1.165) is 5.92 Å². The molecule has 0 amide bonds. The molecular formula is C11H22. The average Bonchev–Trinajstić information content (AvgIpc) is 1.78. The van der Waals surface area contributed by atoms with E-state index in [0.29, 0.717) is 10.8 Å². The third-order valence-electron chi connectivity index (χ3n) is 3.56. The third-order valence-corrected chi connectivity index (χ3v) is 3.56. The van der Waals surface area contributed by atoms with E-state index in [1.807, 2.05) is 0 Å². The number of hydrogen-bond donors (Lipinski definition) is 0. The molecule has 0 spiro atoms. The summed E-state index contributed by atoms with van der Waals surface area (Å²) in [6, 6.07) is 0. The smallest absolute Gasteiger partial charge is 0.0323 e. The molecule has 0 N–H and O–H groups in total. The lowest BCUT2D eigenvalue weighted by Crippen LogP contribution is -2.40. The Labute approximate surface area is 71.4 Å². The molecule has 0 aliphatic heterocycles. The summed E-state index contributed by atoms with van der Waals surface area (Å²) in [6.45, 7) is 11.8. The van der Waals surface area contributed by atoms with Gasteiger partial charge in [-0.2, -0.15) is 0 Å². The van der Waals surface area contributed by atoms with Crippen LogP contribution in [0.25, 0.3) is 0 Å². The van der Waals surface area contributed by atoms with E-state index in [1.54, 1.807) is 0 Å². The van der Waals surface area contributed by atoms with Gasteiger partial charge in [-0.1, -0.05) is 41.0 Å². The SMILES string of the molecule is CCC1(C)CC(C(C)(C)C)C1. The molecule has 1 saturated carbocycles. The van der Waals surface area contributed by atoms with Crippen molar-refractivity contribution in [3.63, 3.8) is 0 Å². The van der Waals surface area contributed by atoms with Gasteiger partial charge >= 0.3 is 0 Å². The molecule has 66 valence electrons. The first-order valence-corrected chi connectivity index (χ1v) is 4.87. The highest BCUT2D eigenvalue weighted by molar-refractivity contribution is 4.94. The standard InChI is InChI=1S/C11H22/c1-6-11(5)7-9(8-11)10(2,3)4/h9H,6-8H2,1-5H3. The largest absolute Gasteiger partial charge is 0.0649 e. The Morgan fingerprint density at radius 2 is 1.73 bits per heavy atom. The topological polar surface area (TPSA) is 0 Å². The quantitative estimate of drug-likeness (QED) is 0.538. The summed E-state index contributed by atoms with van der Waals surface area (Å²) < 4.78 is 0. The highest BCUT2D eigenvalue weighted by Gasteiger charge is 2.43. The van der Waals surface area contributed by atoms with Gasteiger partial charge in [0.05, 0.1) is 0 Å². The van der Waals surface area contributed by atoms with Crippen LogP contribution < -0.4 is 0 Å². The molecule has 0 aromatic rings. The Kier molecular flexibility index (Phi) is 2.07. The molecule has 0 radical (unpaired) electrons. The summed E-state index contributed by atoms with van der Waals surface area (Å²) in [7, 11) is 0. The first kappa shape index (κ1) is 9.09. The third kappa shape index (κ3) is 1.77. The lowest BCUT2D eigenvalue weighted by molar-refractivity contribution is -0.00208. The highest BCUT2D eigenvalue weighted by Crippen LogP contribution is 2.54. The molecule has 1 fully saturated rings. The van der Waals surface area contributed by atoms with Crippen molar-refractivity contribution in [2.24, 2.45) is 16.7 Å². The Morgan fingerprint density at radius 1 is 1.27 bits per heavy atom. The Morgan fingerprint density at radius 3 is 2.00 bits per heavy atom. The van der Waals surface area contributed by atoms with Crippen molar-refractivity contribution in [1.29, 1.82) is 0 Å². The molecule has 1 aliphatic rings. The van der Waals surface area contributed by atoms with Crippen LogP contribution in [0.1, 0.15) is 53.9 Å². The van der Waals surface area contributed by atoms with E-state index >= 15 is 0 Å². The molecule has 0 atom stereocenters. The van der Waals surface area contributed by atoms with Crippen LogP contribution in [0, 0.1) is 16.7 Å². The van der Waals surface area contributed by atoms with Gasteiger partial charge in [-0.3, -0.25) is 0 Å². The van der Waals surface area contributed by atoms with Crippen molar-refractivity contribution < 1.29 is 0 Å². The molecule has 1 rings (SSSR count). The zero-order chi connectivity index (χ0) is 8.70. The minimum Gasteiger partial charge on any atom is -0.0649 e. The van der Waals surface area contributed by atoms with Gasteiger partial charge in [0.15, 0.2) is 0 Å². The lowest BCUT2D eigenvalue weighted by atomic mass is 9.55. The second-order valence-corrected chi connectivity index (χ2v) is 5.64. The van der Waals surface area contributed by atoms with Gasteiger partial charge in [0.1, 0.15) is 0 Å². The van der Waals surface area contributed by atoms with E-state index < -0.39 is 0 Å². The minimum absolute atomic E-state index is 0.550. The fourth-order valence-electron chi connectivity index (χ4n) is 2.03. The van der Waals surface area contributed by atoms with Crippen LogP contribution in [0.3, 0.4) is 0 Å². The van der Waals surface area contributed by atoms with Gasteiger partial charge < -0.3 is 0 Å². The summed E-state index contributed by atoms with van der Waals surface area (Å²) in [4.78, 5) is 0. The fourth-order valence-corrected chi connectivity index (χ4v) is 2.03. The monoisotopic (exact) mass is 154 g/mol. The van der Waals surface area contributed by atoms with Gasteiger partial charge in [-0.05, 0) is 29.6 Å². The Balaban J connectivity index is 2.40. The van der Waals surface area contributed by atoms with E-state index in [-0.39, 0.29) is 0 Å². The summed E-state index contributed by atoms with van der Waals surface area (Å²) >= 11 is 0. The maximum absolute atomic E-state index is 2.43. The first-order valence-electron chi connectivity index (χ1n) is 4.87. The molecule has 1 aliphatic carbocycles.